The summed E-state index contributed by atoms with van der Waals surface area (Å²) < 4.78 is 45.0. The molecule has 5 nitrogen and oxygen atoms in total. The zero-order valence-corrected chi connectivity index (χ0v) is 15.9. The summed E-state index contributed by atoms with van der Waals surface area (Å²) in [6, 6.07) is 13.5. The molecule has 0 spiro atoms. The first-order valence-corrected chi connectivity index (χ1v) is 9.38. The van der Waals surface area contributed by atoms with E-state index in [2.05, 4.69) is 10.1 Å². The molecule has 0 saturated carbocycles. The van der Waals surface area contributed by atoms with Crippen LogP contribution in [0.4, 0.5) is 13.2 Å². The van der Waals surface area contributed by atoms with E-state index >= 15 is 0 Å². The summed E-state index contributed by atoms with van der Waals surface area (Å²) in [7, 11) is 0. The van der Waals surface area contributed by atoms with Crippen LogP contribution in [-0.2, 0) is 12.8 Å². The number of hydrogen-bond acceptors (Lipinski definition) is 5. The topological polar surface area (TPSA) is 56.5 Å². The SMILES string of the molecule is Cc1cccc(-c2nn3c(=O)cc(COc4cccc(C(F)(F)F)c4)nc3s2)c1. The lowest BCUT2D eigenvalue weighted by molar-refractivity contribution is -0.137. The van der Waals surface area contributed by atoms with Gasteiger partial charge in [-0.15, -0.1) is 0 Å². The van der Waals surface area contributed by atoms with E-state index in [4.69, 9.17) is 4.74 Å². The van der Waals surface area contributed by atoms with Crippen LogP contribution in [0.2, 0.25) is 0 Å². The van der Waals surface area contributed by atoms with Crippen molar-refractivity contribution < 1.29 is 17.9 Å². The van der Waals surface area contributed by atoms with Crippen molar-refractivity contribution in [2.45, 2.75) is 19.7 Å². The zero-order valence-electron chi connectivity index (χ0n) is 15.1. The molecule has 148 valence electrons. The van der Waals surface area contributed by atoms with Gasteiger partial charge in [0, 0.05) is 11.6 Å². The summed E-state index contributed by atoms with van der Waals surface area (Å²) in [4.78, 5) is 17.1. The number of hydrogen-bond donors (Lipinski definition) is 0. The highest BCUT2D eigenvalue weighted by Crippen LogP contribution is 2.31. The van der Waals surface area contributed by atoms with Gasteiger partial charge in [-0.1, -0.05) is 41.2 Å². The molecule has 0 N–H and O–H groups in total. The van der Waals surface area contributed by atoms with Crippen LogP contribution in [0.5, 0.6) is 5.75 Å². The number of benzene rings is 2. The molecule has 9 heteroatoms. The second kappa shape index (κ2) is 7.32. The number of fused-ring (bicyclic) bond motifs is 1. The first-order valence-electron chi connectivity index (χ1n) is 8.56. The van der Waals surface area contributed by atoms with Gasteiger partial charge in [-0.05, 0) is 31.2 Å². The van der Waals surface area contributed by atoms with Crippen molar-refractivity contribution in [1.82, 2.24) is 14.6 Å². The van der Waals surface area contributed by atoms with E-state index in [0.29, 0.717) is 15.7 Å². The molecule has 0 aliphatic rings. The third kappa shape index (κ3) is 4.14. The quantitative estimate of drug-likeness (QED) is 0.482. The molecule has 29 heavy (non-hydrogen) atoms. The van der Waals surface area contributed by atoms with Crippen LogP contribution in [0.15, 0.2) is 59.4 Å². The molecule has 4 rings (SSSR count). The van der Waals surface area contributed by atoms with Gasteiger partial charge in [0.05, 0.1) is 11.3 Å². The Morgan fingerprint density at radius 3 is 2.66 bits per heavy atom. The molecular formula is C20H14F3N3O2S. The predicted octanol–water partition coefficient (Wildman–Crippen LogP) is 4.72. The monoisotopic (exact) mass is 417 g/mol. The Labute approximate surface area is 167 Å². The zero-order chi connectivity index (χ0) is 20.6. The molecule has 0 aliphatic heterocycles. The van der Waals surface area contributed by atoms with E-state index in [0.717, 1.165) is 23.3 Å². The fourth-order valence-corrected chi connectivity index (χ4v) is 3.66. The minimum absolute atomic E-state index is 0.0478. The van der Waals surface area contributed by atoms with Gasteiger partial charge in [-0.2, -0.15) is 22.8 Å². The van der Waals surface area contributed by atoms with Crippen molar-refractivity contribution in [2.24, 2.45) is 0 Å². The van der Waals surface area contributed by atoms with Crippen molar-refractivity contribution in [3.05, 3.63) is 81.8 Å². The van der Waals surface area contributed by atoms with E-state index in [-0.39, 0.29) is 17.9 Å². The van der Waals surface area contributed by atoms with Gasteiger partial charge in [0.1, 0.15) is 17.4 Å². The fraction of sp³-hybridized carbons (Fsp3) is 0.150. The fourth-order valence-electron chi connectivity index (χ4n) is 2.74. The number of halogens is 3. The molecule has 0 amide bonds. The average molecular weight is 417 g/mol. The molecule has 0 bridgehead atoms. The molecule has 0 saturated heterocycles. The van der Waals surface area contributed by atoms with Crippen molar-refractivity contribution in [1.29, 1.82) is 0 Å². The van der Waals surface area contributed by atoms with Gasteiger partial charge in [-0.25, -0.2) is 4.98 Å². The number of rotatable bonds is 4. The van der Waals surface area contributed by atoms with E-state index in [1.165, 1.54) is 34.1 Å². The lowest BCUT2D eigenvalue weighted by Crippen LogP contribution is -2.16. The summed E-state index contributed by atoms with van der Waals surface area (Å²) >= 11 is 1.25. The molecular weight excluding hydrogens is 403 g/mol. The molecule has 4 aromatic rings. The number of aromatic nitrogens is 3. The Bertz CT molecular complexity index is 1250. The van der Waals surface area contributed by atoms with Crippen LogP contribution < -0.4 is 10.3 Å². The van der Waals surface area contributed by atoms with Gasteiger partial charge in [0.15, 0.2) is 0 Å². The van der Waals surface area contributed by atoms with Crippen molar-refractivity contribution in [3.8, 4) is 16.3 Å². The Kier molecular flexibility index (Phi) is 4.83. The second-order valence-corrected chi connectivity index (χ2v) is 7.33. The van der Waals surface area contributed by atoms with Crippen LogP contribution in [0.3, 0.4) is 0 Å². The normalized spacial score (nSPS) is 11.7. The molecule has 0 aliphatic carbocycles. The van der Waals surface area contributed by atoms with Gasteiger partial charge < -0.3 is 4.74 Å². The van der Waals surface area contributed by atoms with Crippen LogP contribution in [0, 0.1) is 6.92 Å². The van der Waals surface area contributed by atoms with Crippen molar-refractivity contribution in [3.63, 3.8) is 0 Å². The highest BCUT2D eigenvalue weighted by molar-refractivity contribution is 7.19. The van der Waals surface area contributed by atoms with Gasteiger partial charge >= 0.3 is 6.18 Å². The minimum atomic E-state index is -4.45. The van der Waals surface area contributed by atoms with Crippen LogP contribution in [0.25, 0.3) is 15.5 Å². The van der Waals surface area contributed by atoms with Crippen molar-refractivity contribution >= 4 is 16.3 Å². The third-order valence-electron chi connectivity index (χ3n) is 4.11. The molecule has 2 aromatic carbocycles. The van der Waals surface area contributed by atoms with E-state index in [1.807, 2.05) is 31.2 Å². The summed E-state index contributed by atoms with van der Waals surface area (Å²) in [6.45, 7) is 1.83. The minimum Gasteiger partial charge on any atom is -0.487 e. The smallest absolute Gasteiger partial charge is 0.416 e. The van der Waals surface area contributed by atoms with E-state index < -0.39 is 11.7 Å². The van der Waals surface area contributed by atoms with Crippen LogP contribution in [0.1, 0.15) is 16.8 Å². The molecule has 0 fully saturated rings. The number of nitrogens with zero attached hydrogens (tertiary/aromatic N) is 3. The molecule has 0 radical (unpaired) electrons. The molecule has 0 unspecified atom stereocenters. The number of alkyl halides is 3. The molecule has 2 aromatic heterocycles. The maximum absolute atomic E-state index is 12.8. The molecule has 2 heterocycles. The first-order chi connectivity index (χ1) is 13.8. The number of aryl methyl sites for hydroxylation is 1. The van der Waals surface area contributed by atoms with Crippen LogP contribution in [-0.4, -0.2) is 14.6 Å². The Morgan fingerprint density at radius 1 is 1.10 bits per heavy atom. The van der Waals surface area contributed by atoms with Gasteiger partial charge in [0.25, 0.3) is 5.56 Å². The Morgan fingerprint density at radius 2 is 1.90 bits per heavy atom. The van der Waals surface area contributed by atoms with Gasteiger partial charge in [0.2, 0.25) is 4.96 Å². The first kappa shape index (κ1) is 19.1. The highest BCUT2D eigenvalue weighted by atomic mass is 32.1. The number of ether oxygens (including phenoxy) is 1. The summed E-state index contributed by atoms with van der Waals surface area (Å²) in [5.41, 5.74) is 1.07. The summed E-state index contributed by atoms with van der Waals surface area (Å²) in [5, 5.41) is 4.96. The van der Waals surface area contributed by atoms with Gasteiger partial charge in [-0.3, -0.25) is 4.79 Å². The average Bonchev–Trinajstić information content (AvgIpc) is 3.11. The predicted molar refractivity (Wildman–Crippen MR) is 103 cm³/mol. The maximum Gasteiger partial charge on any atom is 0.416 e. The van der Waals surface area contributed by atoms with E-state index in [9.17, 15) is 18.0 Å². The lowest BCUT2D eigenvalue weighted by Gasteiger charge is -2.09. The summed E-state index contributed by atoms with van der Waals surface area (Å²) in [5.74, 6) is 0.0478. The van der Waals surface area contributed by atoms with E-state index in [1.54, 1.807) is 0 Å². The molecule has 0 atom stereocenters. The standard InChI is InChI=1S/C20H14F3N3O2S/c1-12-4-2-5-13(8-12)18-25-26-17(27)10-15(24-19(26)29-18)11-28-16-7-3-6-14(9-16)20(21,22)23/h2-10H,11H2,1H3. The van der Waals surface area contributed by atoms with Crippen molar-refractivity contribution in [2.75, 3.05) is 0 Å². The lowest BCUT2D eigenvalue weighted by atomic mass is 10.1. The largest absolute Gasteiger partial charge is 0.487 e. The van der Waals surface area contributed by atoms with Crippen LogP contribution >= 0.6 is 11.3 Å². The third-order valence-corrected chi connectivity index (χ3v) is 5.07. The highest BCUT2D eigenvalue weighted by Gasteiger charge is 2.30. The Balaban J connectivity index is 1.60. The summed E-state index contributed by atoms with van der Waals surface area (Å²) in [6.07, 6.45) is -4.45. The maximum atomic E-state index is 12.8. The second-order valence-electron chi connectivity index (χ2n) is 6.37. The Hall–Kier alpha value is -3.20.